The molecular formula is C26H26ClN5O4S. The van der Waals surface area contributed by atoms with Gasteiger partial charge in [-0.15, -0.1) is 4.91 Å². The van der Waals surface area contributed by atoms with Gasteiger partial charge < -0.3 is 9.80 Å². The predicted molar refractivity (Wildman–Crippen MR) is 144 cm³/mol. The molecule has 0 atom stereocenters. The van der Waals surface area contributed by atoms with E-state index in [0.717, 1.165) is 23.0 Å². The van der Waals surface area contributed by atoms with Gasteiger partial charge >= 0.3 is 6.03 Å². The quantitative estimate of drug-likeness (QED) is 0.417. The number of rotatable bonds is 6. The summed E-state index contributed by atoms with van der Waals surface area (Å²) in [6.45, 7) is 2.80. The van der Waals surface area contributed by atoms with E-state index in [1.807, 2.05) is 42.3 Å². The van der Waals surface area contributed by atoms with Gasteiger partial charge in [0.2, 0.25) is 0 Å². The molecule has 2 aliphatic heterocycles. The number of hydrogen-bond donors (Lipinski definition) is 0. The Labute approximate surface area is 220 Å². The van der Waals surface area contributed by atoms with Gasteiger partial charge in [0.15, 0.2) is 0 Å². The van der Waals surface area contributed by atoms with Crippen molar-refractivity contribution in [3.8, 4) is 0 Å². The van der Waals surface area contributed by atoms with Crippen molar-refractivity contribution in [2.75, 3.05) is 43.0 Å². The van der Waals surface area contributed by atoms with Gasteiger partial charge in [-0.3, -0.25) is 4.90 Å². The average Bonchev–Trinajstić information content (AvgIpc) is 2.90. The molecule has 0 aliphatic carbocycles. The van der Waals surface area contributed by atoms with Crippen LogP contribution < -0.4 is 9.80 Å². The Kier molecular flexibility index (Phi) is 6.89. The molecule has 3 aromatic carbocycles. The zero-order valence-corrected chi connectivity index (χ0v) is 21.8. The van der Waals surface area contributed by atoms with Crippen LogP contribution in [0.5, 0.6) is 0 Å². The Balaban J connectivity index is 1.64. The van der Waals surface area contributed by atoms with Crippen molar-refractivity contribution in [2.45, 2.75) is 18.0 Å². The third kappa shape index (κ3) is 4.92. The highest BCUT2D eigenvalue weighted by atomic mass is 35.5. The molecule has 0 bridgehead atoms. The number of nitrogens with zero attached hydrogens (tertiary/aromatic N) is 5. The highest BCUT2D eigenvalue weighted by molar-refractivity contribution is 7.90. The lowest BCUT2D eigenvalue weighted by Crippen LogP contribution is -2.51. The molecule has 0 unspecified atom stereocenters. The molecule has 0 N–H and O–H groups in total. The minimum atomic E-state index is -4.24. The Bertz CT molecular complexity index is 1430. The molecule has 3 aromatic rings. The van der Waals surface area contributed by atoms with Gasteiger partial charge in [0.05, 0.1) is 24.5 Å². The maximum Gasteiger partial charge on any atom is 0.339 e. The fourth-order valence-electron chi connectivity index (χ4n) is 4.66. The third-order valence-corrected chi connectivity index (χ3v) is 8.71. The van der Waals surface area contributed by atoms with Gasteiger partial charge in [0.25, 0.3) is 10.0 Å². The molecule has 0 aromatic heterocycles. The minimum absolute atomic E-state index is 0.0724. The van der Waals surface area contributed by atoms with E-state index in [1.165, 1.54) is 17.0 Å². The SMILES string of the molecule is CN1CCN(c2cc(Cl)cc3c2S(=O)(=O)N(Cc2ccc(N=O)cc2)C(=O)N3Cc2ccccc2)CC1. The van der Waals surface area contributed by atoms with Crippen molar-refractivity contribution in [1.29, 1.82) is 0 Å². The molecule has 37 heavy (non-hydrogen) atoms. The van der Waals surface area contributed by atoms with E-state index in [-0.39, 0.29) is 29.4 Å². The normalized spacial score (nSPS) is 17.6. The van der Waals surface area contributed by atoms with Crippen LogP contribution in [-0.2, 0) is 23.1 Å². The fourth-order valence-corrected chi connectivity index (χ4v) is 6.60. The number of benzene rings is 3. The number of carbonyl (C=O) groups is 1. The molecule has 2 aliphatic rings. The minimum Gasteiger partial charge on any atom is -0.368 e. The van der Waals surface area contributed by atoms with Crippen LogP contribution in [0.3, 0.4) is 0 Å². The number of urea groups is 1. The number of hydrogen-bond acceptors (Lipinski definition) is 7. The summed E-state index contributed by atoms with van der Waals surface area (Å²) in [5.74, 6) is 0. The summed E-state index contributed by atoms with van der Waals surface area (Å²) in [7, 11) is -2.22. The van der Waals surface area contributed by atoms with Crippen LogP contribution in [0.1, 0.15) is 11.1 Å². The third-order valence-electron chi connectivity index (χ3n) is 6.69. The second-order valence-corrected chi connectivity index (χ2v) is 11.4. The van der Waals surface area contributed by atoms with E-state index < -0.39 is 16.1 Å². The molecule has 9 nitrogen and oxygen atoms in total. The van der Waals surface area contributed by atoms with E-state index in [2.05, 4.69) is 10.1 Å². The highest BCUT2D eigenvalue weighted by Gasteiger charge is 2.44. The topological polar surface area (TPSA) is 93.6 Å². The smallest absolute Gasteiger partial charge is 0.339 e. The largest absolute Gasteiger partial charge is 0.368 e. The molecule has 2 heterocycles. The maximum atomic E-state index is 14.1. The van der Waals surface area contributed by atoms with Crippen LogP contribution in [0.2, 0.25) is 5.02 Å². The molecule has 0 spiro atoms. The van der Waals surface area contributed by atoms with Gasteiger partial charge in [-0.25, -0.2) is 17.5 Å². The van der Waals surface area contributed by atoms with Gasteiger partial charge in [-0.2, -0.15) is 0 Å². The van der Waals surface area contributed by atoms with Crippen LogP contribution in [0.4, 0.5) is 21.9 Å². The Morgan fingerprint density at radius 3 is 2.14 bits per heavy atom. The zero-order chi connectivity index (χ0) is 26.2. The summed E-state index contributed by atoms with van der Waals surface area (Å²) in [6, 6.07) is 18.1. The number of piperazine rings is 1. The summed E-state index contributed by atoms with van der Waals surface area (Å²) >= 11 is 6.52. The van der Waals surface area contributed by atoms with E-state index in [9.17, 15) is 18.1 Å². The van der Waals surface area contributed by atoms with Crippen molar-refractivity contribution in [3.63, 3.8) is 0 Å². The number of halogens is 1. The molecular weight excluding hydrogens is 514 g/mol. The van der Waals surface area contributed by atoms with E-state index in [4.69, 9.17) is 11.6 Å². The fraction of sp³-hybridized carbons (Fsp3) is 0.269. The Morgan fingerprint density at radius 2 is 1.49 bits per heavy atom. The lowest BCUT2D eigenvalue weighted by Gasteiger charge is -2.40. The highest BCUT2D eigenvalue weighted by Crippen LogP contribution is 2.44. The molecule has 192 valence electrons. The van der Waals surface area contributed by atoms with Crippen molar-refractivity contribution in [1.82, 2.24) is 9.21 Å². The van der Waals surface area contributed by atoms with Crippen molar-refractivity contribution in [3.05, 3.63) is 87.8 Å². The van der Waals surface area contributed by atoms with Crippen LogP contribution in [0.15, 0.2) is 76.8 Å². The molecule has 1 fully saturated rings. The summed E-state index contributed by atoms with van der Waals surface area (Å²) < 4.78 is 29.1. The number of sulfonamides is 1. The first kappa shape index (κ1) is 25.2. The van der Waals surface area contributed by atoms with Crippen molar-refractivity contribution >= 4 is 44.7 Å². The molecule has 2 amide bonds. The number of nitroso groups, excluding NO2 is 1. The maximum absolute atomic E-state index is 14.1. The Morgan fingerprint density at radius 1 is 0.865 bits per heavy atom. The van der Waals surface area contributed by atoms with Crippen LogP contribution >= 0.6 is 11.6 Å². The van der Waals surface area contributed by atoms with Crippen molar-refractivity contribution < 1.29 is 13.2 Å². The molecule has 11 heteroatoms. The first-order valence-corrected chi connectivity index (χ1v) is 13.7. The summed E-state index contributed by atoms with van der Waals surface area (Å²) in [5.41, 5.74) is 2.39. The van der Waals surface area contributed by atoms with Gasteiger partial charge in [0, 0.05) is 31.2 Å². The van der Waals surface area contributed by atoms with Crippen LogP contribution in [0, 0.1) is 4.91 Å². The second-order valence-electron chi connectivity index (χ2n) is 9.19. The predicted octanol–water partition coefficient (Wildman–Crippen LogP) is 4.82. The van der Waals surface area contributed by atoms with E-state index in [1.54, 1.807) is 24.3 Å². The number of anilines is 2. The summed E-state index contributed by atoms with van der Waals surface area (Å²) in [5, 5.41) is 3.25. The molecule has 1 saturated heterocycles. The number of fused-ring (bicyclic) bond motifs is 1. The lowest BCUT2D eigenvalue weighted by molar-refractivity contribution is 0.226. The first-order valence-electron chi connectivity index (χ1n) is 11.9. The van der Waals surface area contributed by atoms with E-state index in [0.29, 0.717) is 29.4 Å². The lowest BCUT2D eigenvalue weighted by atomic mass is 10.1. The van der Waals surface area contributed by atoms with Gasteiger partial charge in [0.1, 0.15) is 10.6 Å². The number of likely N-dealkylation sites (N-methyl/N-ethyl adjacent to an activating group) is 1. The van der Waals surface area contributed by atoms with Gasteiger partial charge in [-0.1, -0.05) is 54.1 Å². The van der Waals surface area contributed by atoms with Crippen molar-refractivity contribution in [2.24, 2.45) is 5.18 Å². The average molecular weight is 540 g/mol. The van der Waals surface area contributed by atoms with Gasteiger partial charge in [-0.05, 0) is 47.6 Å². The number of carbonyl (C=O) groups excluding carboxylic acids is 1. The molecule has 5 rings (SSSR count). The second kappa shape index (κ2) is 10.1. The molecule has 0 saturated carbocycles. The monoisotopic (exact) mass is 539 g/mol. The first-order chi connectivity index (χ1) is 17.8. The molecule has 0 radical (unpaired) electrons. The Hall–Kier alpha value is -3.47. The number of amides is 2. The summed E-state index contributed by atoms with van der Waals surface area (Å²) in [4.78, 5) is 30.4. The standard InChI is InChI=1S/C26H26ClN5O4S/c1-29-11-13-30(14-12-29)23-15-21(27)16-24-25(23)37(35,36)32(18-20-7-9-22(28-34)10-8-20)26(33)31(24)17-19-5-3-2-4-6-19/h2-10,15-16H,11-14,17-18H2,1H3. The summed E-state index contributed by atoms with van der Waals surface area (Å²) in [6.07, 6.45) is 0. The van der Waals surface area contributed by atoms with Crippen LogP contribution in [-0.4, -0.2) is 56.9 Å². The zero-order valence-electron chi connectivity index (χ0n) is 20.2. The van der Waals surface area contributed by atoms with E-state index >= 15 is 0 Å². The van der Waals surface area contributed by atoms with Crippen LogP contribution in [0.25, 0.3) is 0 Å².